The monoisotopic (exact) mass is 275 g/mol. The second-order valence-electron chi connectivity index (χ2n) is 4.43. The van der Waals surface area contributed by atoms with Gasteiger partial charge in [0.05, 0.1) is 0 Å². The largest absolute Gasteiger partial charge is 0.323 e. The van der Waals surface area contributed by atoms with Crippen LogP contribution in [0.15, 0.2) is 59.5 Å². The molecule has 0 aliphatic carbocycles. The maximum atomic E-state index is 13.7. The Kier molecular flexibility index (Phi) is 5.00. The zero-order valence-corrected chi connectivity index (χ0v) is 11.7. The van der Waals surface area contributed by atoms with E-state index in [4.69, 9.17) is 5.73 Å². The summed E-state index contributed by atoms with van der Waals surface area (Å²) in [5.74, 6) is -0.175. The lowest BCUT2D eigenvalue weighted by Crippen LogP contribution is -2.23. The molecule has 0 saturated heterocycles. The molecule has 0 radical (unpaired) electrons. The van der Waals surface area contributed by atoms with Crippen molar-refractivity contribution in [3.05, 3.63) is 66.0 Å². The highest BCUT2D eigenvalue weighted by atomic mass is 32.2. The Morgan fingerprint density at radius 3 is 2.32 bits per heavy atom. The summed E-state index contributed by atoms with van der Waals surface area (Å²) < 4.78 is 13.7. The Bertz CT molecular complexity index is 515. The third kappa shape index (κ3) is 3.58. The Labute approximate surface area is 118 Å². The first-order valence-corrected chi connectivity index (χ1v) is 7.32. The minimum Gasteiger partial charge on any atom is -0.323 e. The van der Waals surface area contributed by atoms with E-state index in [1.165, 1.54) is 17.8 Å². The van der Waals surface area contributed by atoms with Gasteiger partial charge in [0.2, 0.25) is 0 Å². The molecule has 100 valence electrons. The molecule has 0 saturated carbocycles. The molecule has 2 N–H and O–H groups in total. The topological polar surface area (TPSA) is 26.0 Å². The van der Waals surface area contributed by atoms with E-state index in [1.807, 2.05) is 36.4 Å². The smallest absolute Gasteiger partial charge is 0.136 e. The molecular formula is C16H18FNS. The summed E-state index contributed by atoms with van der Waals surface area (Å²) in [6.07, 6.45) is 0.898. The summed E-state index contributed by atoms with van der Waals surface area (Å²) in [4.78, 5) is 0.667. The molecule has 3 heteroatoms. The molecule has 1 nitrogen and oxygen atoms in total. The number of nitrogens with two attached hydrogens (primary N) is 1. The summed E-state index contributed by atoms with van der Waals surface area (Å²) in [7, 11) is 0. The number of thioether (sulfide) groups is 1. The molecule has 2 rings (SSSR count). The average molecular weight is 275 g/mol. The number of hydrogen-bond acceptors (Lipinski definition) is 2. The van der Waals surface area contributed by atoms with Gasteiger partial charge >= 0.3 is 0 Å². The molecule has 0 fully saturated rings. The fourth-order valence-electron chi connectivity index (χ4n) is 2.00. The highest BCUT2D eigenvalue weighted by Gasteiger charge is 2.20. The molecule has 0 aliphatic rings. The zero-order valence-electron chi connectivity index (χ0n) is 10.9. The lowest BCUT2D eigenvalue weighted by atomic mass is 10.0. The van der Waals surface area contributed by atoms with Crippen LogP contribution in [-0.4, -0.2) is 5.25 Å². The van der Waals surface area contributed by atoms with E-state index >= 15 is 0 Å². The van der Waals surface area contributed by atoms with Gasteiger partial charge in [0.15, 0.2) is 0 Å². The molecule has 2 aromatic rings. The van der Waals surface area contributed by atoms with Gasteiger partial charge in [0.1, 0.15) is 5.82 Å². The van der Waals surface area contributed by atoms with Crippen molar-refractivity contribution in [2.45, 2.75) is 29.5 Å². The highest BCUT2D eigenvalue weighted by molar-refractivity contribution is 8.00. The Balaban J connectivity index is 2.15. The van der Waals surface area contributed by atoms with E-state index in [9.17, 15) is 4.39 Å². The van der Waals surface area contributed by atoms with Gasteiger partial charge in [-0.1, -0.05) is 49.4 Å². The Morgan fingerprint density at radius 1 is 1.05 bits per heavy atom. The first-order chi connectivity index (χ1) is 9.22. The van der Waals surface area contributed by atoms with Crippen LogP contribution in [0.5, 0.6) is 0 Å². The summed E-state index contributed by atoms with van der Waals surface area (Å²) in [5, 5.41) is 0.166. The molecule has 0 bridgehead atoms. The summed E-state index contributed by atoms with van der Waals surface area (Å²) >= 11 is 1.52. The van der Waals surface area contributed by atoms with Crippen LogP contribution in [0.2, 0.25) is 0 Å². The molecule has 0 spiro atoms. The van der Waals surface area contributed by atoms with Crippen molar-refractivity contribution in [3.63, 3.8) is 0 Å². The normalized spacial score (nSPS) is 14.1. The zero-order chi connectivity index (χ0) is 13.7. The molecule has 19 heavy (non-hydrogen) atoms. The number of rotatable bonds is 5. The van der Waals surface area contributed by atoms with Gasteiger partial charge in [-0.15, -0.1) is 11.8 Å². The quantitative estimate of drug-likeness (QED) is 0.819. The highest BCUT2D eigenvalue weighted by Crippen LogP contribution is 2.34. The molecule has 0 heterocycles. The van der Waals surface area contributed by atoms with Crippen molar-refractivity contribution >= 4 is 11.8 Å². The van der Waals surface area contributed by atoms with Crippen LogP contribution >= 0.6 is 11.8 Å². The van der Waals surface area contributed by atoms with Crippen LogP contribution in [0.4, 0.5) is 4.39 Å². The van der Waals surface area contributed by atoms with Crippen molar-refractivity contribution in [3.8, 4) is 0 Å². The predicted molar refractivity (Wildman–Crippen MR) is 79.7 cm³/mol. The third-order valence-electron chi connectivity index (χ3n) is 3.10. The maximum absolute atomic E-state index is 13.7. The van der Waals surface area contributed by atoms with Crippen LogP contribution in [0.1, 0.15) is 24.9 Å². The van der Waals surface area contributed by atoms with E-state index in [0.717, 1.165) is 12.0 Å². The van der Waals surface area contributed by atoms with Gasteiger partial charge in [0.25, 0.3) is 0 Å². The fraction of sp³-hybridized carbons (Fsp3) is 0.250. The van der Waals surface area contributed by atoms with Gasteiger partial charge < -0.3 is 5.73 Å². The first-order valence-electron chi connectivity index (χ1n) is 6.44. The SMILES string of the molecule is CCC(Sc1ccccc1F)C(N)c1ccccc1. The second kappa shape index (κ2) is 6.73. The van der Waals surface area contributed by atoms with Gasteiger partial charge in [0, 0.05) is 16.2 Å². The van der Waals surface area contributed by atoms with Crippen LogP contribution in [0.25, 0.3) is 0 Å². The molecule has 2 unspecified atom stereocenters. The summed E-state index contributed by atoms with van der Waals surface area (Å²) in [6.45, 7) is 2.08. The number of benzene rings is 2. The van der Waals surface area contributed by atoms with E-state index < -0.39 is 0 Å². The van der Waals surface area contributed by atoms with Crippen molar-refractivity contribution < 1.29 is 4.39 Å². The molecule has 0 aliphatic heterocycles. The Hall–Kier alpha value is -1.32. The summed E-state index contributed by atoms with van der Waals surface area (Å²) in [5.41, 5.74) is 7.40. The van der Waals surface area contributed by atoms with Gasteiger partial charge in [-0.2, -0.15) is 0 Å². The molecule has 0 amide bonds. The number of hydrogen-bond donors (Lipinski definition) is 1. The van der Waals surface area contributed by atoms with Crippen molar-refractivity contribution in [2.75, 3.05) is 0 Å². The predicted octanol–water partition coefficient (Wildman–Crippen LogP) is 4.40. The minimum absolute atomic E-state index is 0.0872. The molecule has 2 atom stereocenters. The first kappa shape index (κ1) is 14.1. The van der Waals surface area contributed by atoms with Crippen LogP contribution in [0, 0.1) is 5.82 Å². The molecule has 0 aromatic heterocycles. The molecular weight excluding hydrogens is 257 g/mol. The standard InChI is InChI=1S/C16H18FNS/c1-2-14(16(18)12-8-4-3-5-9-12)19-15-11-7-6-10-13(15)17/h3-11,14,16H,2,18H2,1H3. The minimum atomic E-state index is -0.175. The fourth-order valence-corrected chi connectivity index (χ4v) is 3.14. The summed E-state index contributed by atoms with van der Waals surface area (Å²) in [6, 6.07) is 16.8. The van der Waals surface area contributed by atoms with Gasteiger partial charge in [-0.3, -0.25) is 0 Å². The van der Waals surface area contributed by atoms with E-state index in [1.54, 1.807) is 12.1 Å². The maximum Gasteiger partial charge on any atom is 0.136 e. The average Bonchev–Trinajstić information content (AvgIpc) is 2.47. The van der Waals surface area contributed by atoms with Crippen molar-refractivity contribution in [2.24, 2.45) is 5.73 Å². The van der Waals surface area contributed by atoms with Crippen LogP contribution in [-0.2, 0) is 0 Å². The van der Waals surface area contributed by atoms with E-state index in [-0.39, 0.29) is 17.1 Å². The van der Waals surface area contributed by atoms with Crippen LogP contribution < -0.4 is 5.73 Å². The lowest BCUT2D eigenvalue weighted by molar-refractivity contribution is 0.598. The third-order valence-corrected chi connectivity index (χ3v) is 4.62. The van der Waals surface area contributed by atoms with Crippen LogP contribution in [0.3, 0.4) is 0 Å². The van der Waals surface area contributed by atoms with E-state index in [2.05, 4.69) is 6.92 Å². The van der Waals surface area contributed by atoms with Crippen molar-refractivity contribution in [1.29, 1.82) is 0 Å². The van der Waals surface area contributed by atoms with Gasteiger partial charge in [-0.25, -0.2) is 4.39 Å². The van der Waals surface area contributed by atoms with E-state index in [0.29, 0.717) is 4.90 Å². The lowest BCUT2D eigenvalue weighted by Gasteiger charge is -2.22. The number of halogens is 1. The van der Waals surface area contributed by atoms with Crippen molar-refractivity contribution in [1.82, 2.24) is 0 Å². The van der Waals surface area contributed by atoms with Gasteiger partial charge in [-0.05, 0) is 24.1 Å². The second-order valence-corrected chi connectivity index (χ2v) is 5.71. The molecule has 2 aromatic carbocycles. The Morgan fingerprint density at radius 2 is 1.68 bits per heavy atom.